The number of rotatable bonds is 6. The zero-order valence-electron chi connectivity index (χ0n) is 12.8. The molecule has 0 amide bonds. The average molecular weight is 288 g/mol. The Morgan fingerprint density at radius 3 is 2.35 bits per heavy atom. The number of nitrogens with zero attached hydrogens (tertiary/aromatic N) is 1. The quantitative estimate of drug-likeness (QED) is 0.870. The van der Waals surface area contributed by atoms with E-state index >= 15 is 0 Å². The Bertz CT molecular complexity index is 528. The topological polar surface area (TPSA) is 24.9 Å². The molecule has 0 spiro atoms. The monoisotopic (exact) mass is 288 g/mol. The minimum atomic E-state index is 0.449. The summed E-state index contributed by atoms with van der Waals surface area (Å²) < 4.78 is 0. The van der Waals surface area contributed by atoms with E-state index in [2.05, 4.69) is 60.7 Å². The lowest BCUT2D eigenvalue weighted by molar-refractivity contribution is 0.555. The molecule has 0 saturated heterocycles. The summed E-state index contributed by atoms with van der Waals surface area (Å²) in [4.78, 5) is 4.56. The van der Waals surface area contributed by atoms with Gasteiger partial charge in [-0.2, -0.15) is 0 Å². The molecule has 0 aliphatic heterocycles. The van der Waals surface area contributed by atoms with Crippen molar-refractivity contribution in [1.29, 1.82) is 0 Å². The zero-order chi connectivity index (χ0) is 14.5. The maximum atomic E-state index is 4.56. The van der Waals surface area contributed by atoms with Crippen molar-refractivity contribution >= 4 is 11.3 Å². The van der Waals surface area contributed by atoms with Crippen LogP contribution in [-0.4, -0.2) is 18.1 Å². The minimum Gasteiger partial charge on any atom is -0.316 e. The Morgan fingerprint density at radius 1 is 1.15 bits per heavy atom. The molecule has 2 aromatic rings. The van der Waals surface area contributed by atoms with Gasteiger partial charge in [0.25, 0.3) is 0 Å². The van der Waals surface area contributed by atoms with Gasteiger partial charge in [0.05, 0.1) is 5.01 Å². The normalized spacial score (nSPS) is 12.8. The Morgan fingerprint density at radius 2 is 1.85 bits per heavy atom. The SMILES string of the molecule is CNC(Cc1ccc(C(C)C)cc1)Cc1nc(C)cs1. The fourth-order valence-electron chi connectivity index (χ4n) is 2.31. The Balaban J connectivity index is 1.98. The Kier molecular flexibility index (Phi) is 5.32. The van der Waals surface area contributed by atoms with Gasteiger partial charge in [-0.25, -0.2) is 4.98 Å². The van der Waals surface area contributed by atoms with Gasteiger partial charge in [0.2, 0.25) is 0 Å². The summed E-state index contributed by atoms with van der Waals surface area (Å²) in [5.41, 5.74) is 3.92. The van der Waals surface area contributed by atoms with Crippen LogP contribution in [-0.2, 0) is 12.8 Å². The second-order valence-corrected chi connectivity index (χ2v) is 6.62. The smallest absolute Gasteiger partial charge is 0.0943 e. The summed E-state index contributed by atoms with van der Waals surface area (Å²) in [6, 6.07) is 9.46. The van der Waals surface area contributed by atoms with Crippen LogP contribution in [0.25, 0.3) is 0 Å². The van der Waals surface area contributed by atoms with Gasteiger partial charge in [-0.05, 0) is 37.4 Å². The second kappa shape index (κ2) is 7.00. The molecule has 108 valence electrons. The number of hydrogen-bond acceptors (Lipinski definition) is 3. The molecule has 1 heterocycles. The second-order valence-electron chi connectivity index (χ2n) is 5.67. The molecule has 0 saturated carbocycles. The summed E-state index contributed by atoms with van der Waals surface area (Å²) in [5, 5.41) is 6.76. The van der Waals surface area contributed by atoms with E-state index in [0.29, 0.717) is 12.0 Å². The van der Waals surface area contributed by atoms with Crippen molar-refractivity contribution in [2.24, 2.45) is 0 Å². The third-order valence-electron chi connectivity index (χ3n) is 3.62. The van der Waals surface area contributed by atoms with E-state index in [9.17, 15) is 0 Å². The number of nitrogens with one attached hydrogen (secondary N) is 1. The predicted octanol–water partition coefficient (Wildman–Crippen LogP) is 3.95. The van der Waals surface area contributed by atoms with Gasteiger partial charge in [-0.3, -0.25) is 0 Å². The van der Waals surface area contributed by atoms with E-state index in [1.54, 1.807) is 11.3 Å². The highest BCUT2D eigenvalue weighted by molar-refractivity contribution is 7.09. The predicted molar refractivity (Wildman–Crippen MR) is 87.6 cm³/mol. The van der Waals surface area contributed by atoms with E-state index in [1.807, 2.05) is 7.05 Å². The molecule has 0 bridgehead atoms. The van der Waals surface area contributed by atoms with Crippen molar-refractivity contribution in [1.82, 2.24) is 10.3 Å². The summed E-state index contributed by atoms with van der Waals surface area (Å²) in [5.74, 6) is 0.599. The first kappa shape index (κ1) is 15.2. The number of thiazole rings is 1. The van der Waals surface area contributed by atoms with E-state index < -0.39 is 0 Å². The highest BCUT2D eigenvalue weighted by Crippen LogP contribution is 2.17. The van der Waals surface area contributed by atoms with Gasteiger partial charge in [0.15, 0.2) is 0 Å². The van der Waals surface area contributed by atoms with E-state index in [-0.39, 0.29) is 0 Å². The molecular formula is C17H24N2S. The fraction of sp³-hybridized carbons (Fsp3) is 0.471. The minimum absolute atomic E-state index is 0.449. The lowest BCUT2D eigenvalue weighted by Gasteiger charge is -2.15. The molecule has 1 unspecified atom stereocenters. The van der Waals surface area contributed by atoms with E-state index in [4.69, 9.17) is 0 Å². The van der Waals surface area contributed by atoms with Crippen molar-refractivity contribution in [3.63, 3.8) is 0 Å². The summed E-state index contributed by atoms with van der Waals surface area (Å²) in [6.45, 7) is 6.52. The molecule has 0 radical (unpaired) electrons. The van der Waals surface area contributed by atoms with E-state index in [1.165, 1.54) is 16.1 Å². The number of benzene rings is 1. The first-order valence-corrected chi connectivity index (χ1v) is 8.13. The molecule has 20 heavy (non-hydrogen) atoms. The molecule has 1 atom stereocenters. The first-order chi connectivity index (χ1) is 9.58. The molecule has 0 fully saturated rings. The fourth-order valence-corrected chi connectivity index (χ4v) is 3.16. The molecule has 1 N–H and O–H groups in total. The van der Waals surface area contributed by atoms with Crippen LogP contribution in [0.4, 0.5) is 0 Å². The van der Waals surface area contributed by atoms with Crippen LogP contribution < -0.4 is 5.32 Å². The van der Waals surface area contributed by atoms with Crippen molar-refractivity contribution in [2.45, 2.75) is 45.6 Å². The largest absolute Gasteiger partial charge is 0.316 e. The third-order valence-corrected chi connectivity index (χ3v) is 4.61. The molecule has 1 aromatic carbocycles. The standard InChI is InChI=1S/C17H24N2S/c1-12(2)15-7-5-14(6-8-15)9-16(18-4)10-17-19-13(3)11-20-17/h5-8,11-12,16,18H,9-10H2,1-4H3. The summed E-state index contributed by atoms with van der Waals surface area (Å²) in [6.07, 6.45) is 2.05. The molecule has 1 aromatic heterocycles. The van der Waals surface area contributed by atoms with Crippen molar-refractivity contribution in [3.05, 3.63) is 51.5 Å². The van der Waals surface area contributed by atoms with Gasteiger partial charge >= 0.3 is 0 Å². The van der Waals surface area contributed by atoms with Gasteiger partial charge in [-0.15, -0.1) is 11.3 Å². The van der Waals surface area contributed by atoms with Crippen LogP contribution in [0.1, 0.15) is 41.6 Å². The highest BCUT2D eigenvalue weighted by Gasteiger charge is 2.11. The molecule has 2 rings (SSSR count). The average Bonchev–Trinajstić information content (AvgIpc) is 2.84. The van der Waals surface area contributed by atoms with Crippen LogP contribution in [0.5, 0.6) is 0 Å². The summed E-state index contributed by atoms with van der Waals surface area (Å²) in [7, 11) is 2.04. The zero-order valence-corrected chi connectivity index (χ0v) is 13.6. The molecule has 0 aliphatic carbocycles. The highest BCUT2D eigenvalue weighted by atomic mass is 32.1. The van der Waals surface area contributed by atoms with Crippen LogP contribution >= 0.6 is 11.3 Å². The maximum Gasteiger partial charge on any atom is 0.0943 e. The molecule has 0 aliphatic rings. The lowest BCUT2D eigenvalue weighted by Crippen LogP contribution is -2.29. The number of aromatic nitrogens is 1. The third kappa shape index (κ3) is 4.15. The van der Waals surface area contributed by atoms with Crippen molar-refractivity contribution in [2.75, 3.05) is 7.05 Å². The molecule has 3 heteroatoms. The van der Waals surface area contributed by atoms with Gasteiger partial charge in [0.1, 0.15) is 0 Å². The van der Waals surface area contributed by atoms with Crippen molar-refractivity contribution < 1.29 is 0 Å². The van der Waals surface area contributed by atoms with Gasteiger partial charge < -0.3 is 5.32 Å². The van der Waals surface area contributed by atoms with Crippen molar-refractivity contribution in [3.8, 4) is 0 Å². The lowest BCUT2D eigenvalue weighted by atomic mass is 9.98. The first-order valence-electron chi connectivity index (χ1n) is 7.25. The maximum absolute atomic E-state index is 4.56. The molecular weight excluding hydrogens is 264 g/mol. The Labute approximate surface area is 126 Å². The Hall–Kier alpha value is -1.19. The van der Waals surface area contributed by atoms with E-state index in [0.717, 1.165) is 18.5 Å². The summed E-state index contributed by atoms with van der Waals surface area (Å²) >= 11 is 1.76. The van der Waals surface area contributed by atoms with Crippen LogP contribution in [0.15, 0.2) is 29.6 Å². The molecule has 2 nitrogen and oxygen atoms in total. The number of aryl methyl sites for hydroxylation is 1. The van der Waals surface area contributed by atoms with Crippen LogP contribution in [0, 0.1) is 6.92 Å². The number of hydrogen-bond donors (Lipinski definition) is 1. The van der Waals surface area contributed by atoms with Crippen LogP contribution in [0.2, 0.25) is 0 Å². The van der Waals surface area contributed by atoms with Crippen LogP contribution in [0.3, 0.4) is 0 Å². The number of likely N-dealkylation sites (N-methyl/N-ethyl adjacent to an activating group) is 1. The van der Waals surface area contributed by atoms with Gasteiger partial charge in [0, 0.05) is 23.5 Å². The van der Waals surface area contributed by atoms with Gasteiger partial charge in [-0.1, -0.05) is 38.1 Å².